The molecule has 8 aromatic carbocycles. The lowest BCUT2D eigenvalue weighted by molar-refractivity contribution is -0.158. The second-order valence-electron chi connectivity index (χ2n) is 20.6. The van der Waals surface area contributed by atoms with Crippen LogP contribution in [0.5, 0.6) is 11.5 Å². The van der Waals surface area contributed by atoms with Gasteiger partial charge in [0, 0.05) is 50.1 Å². The average Bonchev–Trinajstić information content (AvgIpc) is 3.66. The van der Waals surface area contributed by atoms with Gasteiger partial charge in [-0.15, -0.1) is 0 Å². The van der Waals surface area contributed by atoms with Gasteiger partial charge in [0.05, 0.1) is 47.2 Å². The molecular formula is C68H64Cl2F6N2O5. The zero-order chi connectivity index (χ0) is 58.9. The molecule has 0 N–H and O–H groups in total. The van der Waals surface area contributed by atoms with Gasteiger partial charge in [-0.1, -0.05) is 193 Å². The molecule has 0 unspecified atom stereocenters. The maximum absolute atomic E-state index is 14.0. The van der Waals surface area contributed by atoms with E-state index < -0.39 is 35.4 Å². The molecule has 0 saturated carbocycles. The van der Waals surface area contributed by atoms with Crippen molar-refractivity contribution in [2.75, 3.05) is 26.3 Å². The lowest BCUT2D eigenvalue weighted by Crippen LogP contribution is -2.37. The highest BCUT2D eigenvalue weighted by Crippen LogP contribution is 2.39. The van der Waals surface area contributed by atoms with Gasteiger partial charge >= 0.3 is 24.3 Å². The summed E-state index contributed by atoms with van der Waals surface area (Å²) in [5, 5.41) is -0.662. The molecule has 0 bridgehead atoms. The van der Waals surface area contributed by atoms with Crippen LogP contribution in [0.2, 0.25) is 10.0 Å². The van der Waals surface area contributed by atoms with Crippen LogP contribution in [-0.2, 0) is 52.6 Å². The van der Waals surface area contributed by atoms with Crippen molar-refractivity contribution in [2.45, 2.75) is 88.9 Å². The SMILES string of the molecule is C[C@H](CCOc1cccc(CC(=O)OC(=O)Cc2cccc(OCC[C@@H](C)N(Cc3cccc(C(F)(F)F)c3Cl)CC(c3ccccc3)c3ccccc3)c2)c1)N(Cc1cccc(C(F)(F)F)c1Cl)CC(c1ccccc1)c1ccccc1. The molecule has 0 aliphatic rings. The fourth-order valence-corrected chi connectivity index (χ4v) is 10.8. The number of benzene rings is 8. The van der Waals surface area contributed by atoms with E-state index in [1.807, 2.05) is 135 Å². The first-order valence-corrected chi connectivity index (χ1v) is 28.2. The van der Waals surface area contributed by atoms with Gasteiger partial charge in [0.2, 0.25) is 0 Å². The third-order valence-electron chi connectivity index (χ3n) is 14.7. The molecule has 8 aromatic rings. The molecule has 8 rings (SSSR count). The Balaban J connectivity index is 0.858. The fraction of sp³-hybridized carbons (Fsp3) is 0.265. The van der Waals surface area contributed by atoms with Crippen LogP contribution in [0.15, 0.2) is 206 Å². The molecule has 0 aliphatic carbocycles. The molecule has 0 saturated heterocycles. The summed E-state index contributed by atoms with van der Waals surface area (Å²) in [5.41, 5.74) is 4.27. The van der Waals surface area contributed by atoms with E-state index in [9.17, 15) is 35.9 Å². The highest BCUT2D eigenvalue weighted by molar-refractivity contribution is 6.32. The summed E-state index contributed by atoms with van der Waals surface area (Å²) >= 11 is 12.9. The van der Waals surface area contributed by atoms with Gasteiger partial charge in [-0.25, -0.2) is 0 Å². The molecule has 0 spiro atoms. The summed E-state index contributed by atoms with van der Waals surface area (Å²) in [6.07, 6.45) is -8.67. The van der Waals surface area contributed by atoms with Crippen LogP contribution in [0.4, 0.5) is 26.3 Å². The molecule has 2 atom stereocenters. The Hall–Kier alpha value is -7.42. The number of carbonyl (C=O) groups excluding carboxylic acids is 2. The summed E-state index contributed by atoms with van der Waals surface area (Å²) in [7, 11) is 0. The Morgan fingerprint density at radius 1 is 0.446 bits per heavy atom. The van der Waals surface area contributed by atoms with Crippen molar-refractivity contribution >= 4 is 35.1 Å². The molecule has 0 amide bonds. The topological polar surface area (TPSA) is 68.3 Å². The largest absolute Gasteiger partial charge is 0.494 e. The molecular weight excluding hydrogens is 1110 g/mol. The first-order chi connectivity index (χ1) is 39.9. The minimum absolute atomic E-state index is 0.109. The van der Waals surface area contributed by atoms with Gasteiger partial charge < -0.3 is 14.2 Å². The normalized spacial score (nSPS) is 12.7. The fourth-order valence-electron chi connectivity index (χ4n) is 10.2. The van der Waals surface area contributed by atoms with Gasteiger partial charge in [0.25, 0.3) is 0 Å². The predicted octanol–water partition coefficient (Wildman–Crippen LogP) is 16.9. The number of ether oxygens (including phenoxy) is 3. The van der Waals surface area contributed by atoms with Crippen molar-refractivity contribution in [2.24, 2.45) is 0 Å². The zero-order valence-corrected chi connectivity index (χ0v) is 47.5. The van der Waals surface area contributed by atoms with E-state index in [2.05, 4.69) is 9.80 Å². The third-order valence-corrected chi connectivity index (χ3v) is 15.6. The smallest absolute Gasteiger partial charge is 0.417 e. The maximum atomic E-state index is 14.0. The lowest BCUT2D eigenvalue weighted by atomic mass is 9.90. The second-order valence-corrected chi connectivity index (χ2v) is 21.4. The molecule has 0 aromatic heterocycles. The van der Waals surface area contributed by atoms with Crippen LogP contribution in [0.3, 0.4) is 0 Å². The van der Waals surface area contributed by atoms with Crippen LogP contribution in [0.25, 0.3) is 0 Å². The van der Waals surface area contributed by atoms with Crippen LogP contribution < -0.4 is 9.47 Å². The van der Waals surface area contributed by atoms with E-state index in [1.165, 1.54) is 12.1 Å². The Kier molecular flexibility index (Phi) is 21.7. The van der Waals surface area contributed by atoms with E-state index in [4.69, 9.17) is 37.4 Å². The number of nitrogens with zero attached hydrogens (tertiary/aromatic N) is 2. The van der Waals surface area contributed by atoms with Crippen molar-refractivity contribution in [3.05, 3.63) is 272 Å². The van der Waals surface area contributed by atoms with Gasteiger partial charge in [-0.2, -0.15) is 26.3 Å². The van der Waals surface area contributed by atoms with Gasteiger partial charge in [0.1, 0.15) is 11.5 Å². The Bertz CT molecular complexity index is 3050. The van der Waals surface area contributed by atoms with Gasteiger partial charge in [-0.3, -0.25) is 19.4 Å². The van der Waals surface area contributed by atoms with E-state index in [-0.39, 0.29) is 73.1 Å². The number of alkyl halides is 6. The minimum atomic E-state index is -4.62. The van der Waals surface area contributed by atoms with Crippen molar-refractivity contribution in [1.82, 2.24) is 9.80 Å². The number of rotatable bonds is 26. The third kappa shape index (κ3) is 17.8. The number of halogens is 8. The highest BCUT2D eigenvalue weighted by atomic mass is 35.5. The molecule has 83 heavy (non-hydrogen) atoms. The molecule has 0 heterocycles. The van der Waals surface area contributed by atoms with E-state index in [0.717, 1.165) is 34.4 Å². The summed E-state index contributed by atoms with van der Waals surface area (Å²) in [6, 6.07) is 61.2. The number of carbonyl (C=O) groups is 2. The monoisotopic (exact) mass is 1170 g/mol. The highest BCUT2D eigenvalue weighted by Gasteiger charge is 2.36. The van der Waals surface area contributed by atoms with Crippen molar-refractivity contribution in [3.63, 3.8) is 0 Å². The second kappa shape index (κ2) is 29.2. The Labute approximate surface area is 491 Å². The lowest BCUT2D eigenvalue weighted by Gasteiger charge is -2.34. The minimum Gasteiger partial charge on any atom is -0.494 e. The molecule has 0 aliphatic heterocycles. The molecule has 7 nitrogen and oxygen atoms in total. The molecule has 15 heteroatoms. The summed E-state index contributed by atoms with van der Waals surface area (Å²) in [5.74, 6) is -0.764. The summed E-state index contributed by atoms with van der Waals surface area (Å²) in [6.45, 7) is 5.73. The van der Waals surface area contributed by atoms with Crippen LogP contribution in [0.1, 0.15) is 94.2 Å². The van der Waals surface area contributed by atoms with Crippen LogP contribution >= 0.6 is 23.2 Å². The first-order valence-electron chi connectivity index (χ1n) is 27.4. The zero-order valence-electron chi connectivity index (χ0n) is 46.0. The van der Waals surface area contributed by atoms with E-state index >= 15 is 0 Å². The van der Waals surface area contributed by atoms with Crippen molar-refractivity contribution in [3.8, 4) is 11.5 Å². The van der Waals surface area contributed by atoms with Crippen LogP contribution in [-0.4, -0.2) is 60.1 Å². The molecule has 432 valence electrons. The number of hydrogen-bond donors (Lipinski definition) is 0. The number of esters is 2. The standard InChI is InChI=1S/C68H64Cl2F6N2O5/c1-47(77(43-55-29-17-33-61(65(55)69)67(71,72)73)45-59(51-21-7-3-8-22-51)52-23-9-4-10-24-52)35-37-81-57-31-15-19-49(39-57)41-63(79)83-64(80)42-50-20-16-32-58(40-50)82-38-36-48(2)78(44-56-30-18-34-62(66(56)70)68(74,75)76)46-60(53-25-11-5-12-26-53)54-27-13-6-14-28-54/h3-34,39-40,47-48,59-60H,35-38,41-46H2,1-2H3/t47-,48-/m1/s1. The van der Waals surface area contributed by atoms with E-state index in [0.29, 0.717) is 59.7 Å². The van der Waals surface area contributed by atoms with Crippen LogP contribution in [0, 0.1) is 0 Å². The molecule has 0 radical (unpaired) electrons. The first kappa shape index (κ1) is 61.6. The summed E-state index contributed by atoms with van der Waals surface area (Å²) < 4.78 is 102. The Morgan fingerprint density at radius 3 is 1.10 bits per heavy atom. The average molecular weight is 1170 g/mol. The number of hydrogen-bond acceptors (Lipinski definition) is 7. The van der Waals surface area contributed by atoms with Gasteiger partial charge in [0.15, 0.2) is 0 Å². The van der Waals surface area contributed by atoms with Crippen molar-refractivity contribution < 1.29 is 50.1 Å². The summed E-state index contributed by atoms with van der Waals surface area (Å²) in [4.78, 5) is 30.6. The quantitative estimate of drug-likeness (QED) is 0.0304. The Morgan fingerprint density at radius 2 is 0.771 bits per heavy atom. The predicted molar refractivity (Wildman–Crippen MR) is 314 cm³/mol. The van der Waals surface area contributed by atoms with E-state index in [1.54, 1.807) is 60.7 Å². The molecule has 0 fully saturated rings. The van der Waals surface area contributed by atoms with Crippen molar-refractivity contribution in [1.29, 1.82) is 0 Å². The maximum Gasteiger partial charge on any atom is 0.417 e. The van der Waals surface area contributed by atoms with Gasteiger partial charge in [-0.05, 0) is 108 Å².